The van der Waals surface area contributed by atoms with Gasteiger partial charge in [0.15, 0.2) is 0 Å². The summed E-state index contributed by atoms with van der Waals surface area (Å²) in [6.45, 7) is 5.87. The summed E-state index contributed by atoms with van der Waals surface area (Å²) in [5, 5.41) is 7.33. The van der Waals surface area contributed by atoms with Crippen LogP contribution in [-0.4, -0.2) is 30.3 Å². The highest BCUT2D eigenvalue weighted by molar-refractivity contribution is 5.01. The Morgan fingerprint density at radius 3 is 2.94 bits per heavy atom. The van der Waals surface area contributed by atoms with Crippen molar-refractivity contribution in [2.45, 2.75) is 38.2 Å². The molecular weight excluding hydrogens is 206 g/mol. The zero-order valence-electron chi connectivity index (χ0n) is 10.1. The van der Waals surface area contributed by atoms with Gasteiger partial charge in [0.05, 0.1) is 5.92 Å². The lowest BCUT2D eigenvalue weighted by molar-refractivity contribution is 0.00973. The van der Waals surface area contributed by atoms with Crippen molar-refractivity contribution in [3.63, 3.8) is 0 Å². The Hall–Kier alpha value is -0.940. The molecule has 1 aliphatic heterocycles. The third-order valence-corrected chi connectivity index (χ3v) is 3.14. The maximum atomic E-state index is 5.32. The van der Waals surface area contributed by atoms with E-state index in [1.165, 1.54) is 0 Å². The van der Waals surface area contributed by atoms with Crippen LogP contribution in [0.25, 0.3) is 0 Å². The fourth-order valence-corrected chi connectivity index (χ4v) is 1.80. The summed E-state index contributed by atoms with van der Waals surface area (Å²) in [7, 11) is 1.65. The van der Waals surface area contributed by atoms with Crippen molar-refractivity contribution in [1.82, 2.24) is 15.5 Å². The van der Waals surface area contributed by atoms with Gasteiger partial charge in [0.2, 0.25) is 11.7 Å². The molecule has 5 heteroatoms. The summed E-state index contributed by atoms with van der Waals surface area (Å²) >= 11 is 0. The molecule has 1 aliphatic rings. The van der Waals surface area contributed by atoms with E-state index in [2.05, 4.69) is 15.5 Å². The van der Waals surface area contributed by atoms with E-state index in [0.717, 1.165) is 31.8 Å². The number of rotatable bonds is 3. The molecule has 0 saturated carbocycles. The molecule has 90 valence electrons. The van der Waals surface area contributed by atoms with E-state index in [0.29, 0.717) is 11.7 Å². The molecule has 0 amide bonds. The van der Waals surface area contributed by atoms with Crippen LogP contribution < -0.4 is 5.32 Å². The molecule has 1 aromatic rings. The quantitative estimate of drug-likeness (QED) is 0.843. The van der Waals surface area contributed by atoms with E-state index in [4.69, 9.17) is 9.26 Å². The van der Waals surface area contributed by atoms with Gasteiger partial charge in [-0.1, -0.05) is 5.16 Å². The van der Waals surface area contributed by atoms with E-state index >= 15 is 0 Å². The first-order valence-electron chi connectivity index (χ1n) is 5.73. The summed E-state index contributed by atoms with van der Waals surface area (Å²) < 4.78 is 10.6. The Morgan fingerprint density at radius 1 is 1.50 bits per heavy atom. The van der Waals surface area contributed by atoms with Crippen LogP contribution in [0.15, 0.2) is 4.52 Å². The number of nitrogens with one attached hydrogen (secondary N) is 1. The minimum atomic E-state index is -0.482. The average Bonchev–Trinajstić information content (AvgIpc) is 2.80. The smallest absolute Gasteiger partial charge is 0.231 e. The molecule has 1 atom stereocenters. The van der Waals surface area contributed by atoms with Gasteiger partial charge in [-0.15, -0.1) is 0 Å². The van der Waals surface area contributed by atoms with Crippen molar-refractivity contribution in [3.05, 3.63) is 11.7 Å². The first-order chi connectivity index (χ1) is 7.63. The second-order valence-corrected chi connectivity index (χ2v) is 4.71. The first-order valence-corrected chi connectivity index (χ1v) is 5.73. The van der Waals surface area contributed by atoms with Crippen LogP contribution in [0.5, 0.6) is 0 Å². The lowest BCUT2D eigenvalue weighted by Gasteiger charge is -2.19. The molecule has 0 aliphatic carbocycles. The molecule has 0 unspecified atom stereocenters. The van der Waals surface area contributed by atoms with Crippen molar-refractivity contribution in [2.75, 3.05) is 20.2 Å². The summed E-state index contributed by atoms with van der Waals surface area (Å²) in [5.74, 6) is 1.70. The Morgan fingerprint density at radius 2 is 2.31 bits per heavy atom. The molecule has 16 heavy (non-hydrogen) atoms. The van der Waals surface area contributed by atoms with Crippen molar-refractivity contribution in [1.29, 1.82) is 0 Å². The second kappa shape index (κ2) is 4.51. The van der Waals surface area contributed by atoms with E-state index in [-0.39, 0.29) is 0 Å². The largest absolute Gasteiger partial charge is 0.371 e. The van der Waals surface area contributed by atoms with Gasteiger partial charge >= 0.3 is 0 Å². The number of nitrogens with zero attached hydrogens (tertiary/aromatic N) is 2. The van der Waals surface area contributed by atoms with Crippen molar-refractivity contribution in [3.8, 4) is 0 Å². The topological polar surface area (TPSA) is 60.2 Å². The highest BCUT2D eigenvalue weighted by Gasteiger charge is 2.28. The highest BCUT2D eigenvalue weighted by atomic mass is 16.5. The van der Waals surface area contributed by atoms with Gasteiger partial charge in [-0.05, 0) is 33.2 Å². The predicted molar refractivity (Wildman–Crippen MR) is 59.2 cm³/mol. The Kier molecular flexibility index (Phi) is 3.25. The monoisotopic (exact) mass is 225 g/mol. The third kappa shape index (κ3) is 2.25. The van der Waals surface area contributed by atoms with E-state index < -0.39 is 5.60 Å². The van der Waals surface area contributed by atoms with Crippen LogP contribution >= 0.6 is 0 Å². The standard InChI is InChI=1S/C11H19N3O2/c1-11(2,15-3)10-13-9(16-14-10)8-5-4-6-12-7-8/h8,12H,4-7H2,1-3H3/t8-/m0/s1. The Bertz CT molecular complexity index is 343. The Labute approximate surface area is 95.6 Å². The predicted octanol–water partition coefficient (Wildman–Crippen LogP) is 1.42. The van der Waals surface area contributed by atoms with E-state index in [1.54, 1.807) is 7.11 Å². The van der Waals surface area contributed by atoms with Gasteiger partial charge in [0, 0.05) is 13.7 Å². The maximum absolute atomic E-state index is 5.32. The lowest BCUT2D eigenvalue weighted by Crippen LogP contribution is -2.28. The second-order valence-electron chi connectivity index (χ2n) is 4.71. The molecule has 0 radical (unpaired) electrons. The lowest BCUT2D eigenvalue weighted by atomic mass is 10.00. The maximum Gasteiger partial charge on any atom is 0.231 e. The number of methoxy groups -OCH3 is 1. The zero-order chi connectivity index (χ0) is 11.6. The molecule has 0 aromatic carbocycles. The van der Waals surface area contributed by atoms with Gasteiger partial charge in [0.25, 0.3) is 0 Å². The number of hydrogen-bond acceptors (Lipinski definition) is 5. The number of piperidine rings is 1. The van der Waals surface area contributed by atoms with Gasteiger partial charge in [-0.2, -0.15) is 4.98 Å². The molecule has 1 aromatic heterocycles. The number of hydrogen-bond donors (Lipinski definition) is 1. The molecule has 0 spiro atoms. The average molecular weight is 225 g/mol. The van der Waals surface area contributed by atoms with Crippen molar-refractivity contribution in [2.24, 2.45) is 0 Å². The summed E-state index contributed by atoms with van der Waals surface area (Å²) in [5.41, 5.74) is -0.482. The van der Waals surface area contributed by atoms with Gasteiger partial charge < -0.3 is 14.6 Å². The van der Waals surface area contributed by atoms with Crippen LogP contribution in [0.3, 0.4) is 0 Å². The Balaban J connectivity index is 2.12. The van der Waals surface area contributed by atoms with E-state index in [1.807, 2.05) is 13.8 Å². The zero-order valence-corrected chi connectivity index (χ0v) is 10.1. The minimum Gasteiger partial charge on any atom is -0.371 e. The SMILES string of the molecule is COC(C)(C)c1noc([C@H]2CCCNC2)n1. The van der Waals surface area contributed by atoms with Gasteiger partial charge in [-0.3, -0.25) is 0 Å². The van der Waals surface area contributed by atoms with Crippen LogP contribution in [0.4, 0.5) is 0 Å². The minimum absolute atomic E-state index is 0.350. The van der Waals surface area contributed by atoms with Crippen LogP contribution in [0.2, 0.25) is 0 Å². The summed E-state index contributed by atoms with van der Waals surface area (Å²) in [4.78, 5) is 4.43. The summed E-state index contributed by atoms with van der Waals surface area (Å²) in [6, 6.07) is 0. The fourth-order valence-electron chi connectivity index (χ4n) is 1.80. The van der Waals surface area contributed by atoms with Gasteiger partial charge in [-0.25, -0.2) is 0 Å². The normalized spacial score (nSPS) is 22.3. The summed E-state index contributed by atoms with van der Waals surface area (Å²) in [6.07, 6.45) is 2.28. The molecular formula is C11H19N3O2. The molecule has 1 fully saturated rings. The third-order valence-electron chi connectivity index (χ3n) is 3.14. The van der Waals surface area contributed by atoms with Crippen molar-refractivity contribution >= 4 is 0 Å². The number of ether oxygens (including phenoxy) is 1. The van der Waals surface area contributed by atoms with Crippen LogP contribution in [0.1, 0.15) is 44.3 Å². The molecule has 2 rings (SSSR count). The van der Waals surface area contributed by atoms with E-state index in [9.17, 15) is 0 Å². The molecule has 1 saturated heterocycles. The van der Waals surface area contributed by atoms with Crippen molar-refractivity contribution < 1.29 is 9.26 Å². The molecule has 5 nitrogen and oxygen atoms in total. The molecule has 1 N–H and O–H groups in total. The van der Waals surface area contributed by atoms with Crippen LogP contribution in [-0.2, 0) is 10.3 Å². The van der Waals surface area contributed by atoms with Crippen LogP contribution in [0, 0.1) is 0 Å². The fraction of sp³-hybridized carbons (Fsp3) is 0.818. The molecule has 0 bridgehead atoms. The highest BCUT2D eigenvalue weighted by Crippen LogP contribution is 2.25. The van der Waals surface area contributed by atoms with Gasteiger partial charge in [0.1, 0.15) is 5.60 Å². The molecule has 2 heterocycles. The first kappa shape index (κ1) is 11.5. The number of aromatic nitrogens is 2.